The topological polar surface area (TPSA) is 26.3 Å². The maximum Gasteiger partial charge on any atom is 0.303 e. The van der Waals surface area contributed by atoms with E-state index in [1.807, 2.05) is 12.1 Å². The highest BCUT2D eigenvalue weighted by Crippen LogP contribution is 2.28. The molecule has 0 saturated heterocycles. The summed E-state index contributed by atoms with van der Waals surface area (Å²) in [5.74, 6) is -0.400. The van der Waals surface area contributed by atoms with E-state index in [-0.39, 0.29) is 0 Å². The molecule has 0 N–H and O–H groups in total. The summed E-state index contributed by atoms with van der Waals surface area (Å²) in [4.78, 5) is 11.3. The number of allylic oxidation sites excluding steroid dienone is 5. The normalized spacial score (nSPS) is 13.0. The third-order valence-corrected chi connectivity index (χ3v) is 3.13. The van der Waals surface area contributed by atoms with Gasteiger partial charge in [0.2, 0.25) is 0 Å². The molecule has 0 amide bonds. The number of carbonyl (C=O) groups is 1. The lowest BCUT2D eigenvalue weighted by molar-refractivity contribution is -0.144. The molecule has 0 aliphatic heterocycles. The van der Waals surface area contributed by atoms with Crippen molar-refractivity contribution in [2.75, 3.05) is 0 Å². The van der Waals surface area contributed by atoms with Gasteiger partial charge in [0.25, 0.3) is 0 Å². The maximum atomic E-state index is 11.3. The summed E-state index contributed by atoms with van der Waals surface area (Å²) in [5.41, 5.74) is 1.37. The number of ether oxygens (including phenoxy) is 1. The Balaban J connectivity index is 3.12. The van der Waals surface area contributed by atoms with Gasteiger partial charge in [-0.25, -0.2) is 0 Å². The van der Waals surface area contributed by atoms with Gasteiger partial charge in [-0.3, -0.25) is 4.79 Å². The van der Waals surface area contributed by atoms with Crippen molar-refractivity contribution >= 4 is 29.2 Å². The fraction of sp³-hybridized carbons (Fsp3) is 0.118. The molecule has 0 aliphatic carbocycles. The summed E-state index contributed by atoms with van der Waals surface area (Å²) in [6.07, 6.45) is 6.13. The van der Waals surface area contributed by atoms with Crippen LogP contribution in [0.5, 0.6) is 0 Å². The number of carbonyl (C=O) groups excluding carboxylic acids is 1. The quantitative estimate of drug-likeness (QED) is 0.520. The SMILES string of the molecule is C=C/C=C(/C=C/C(OC(C)=O)c1ccccc1Cl)C(=C)Cl. The molecular formula is C17H16Cl2O2. The van der Waals surface area contributed by atoms with E-state index in [1.54, 1.807) is 36.4 Å². The van der Waals surface area contributed by atoms with Gasteiger partial charge < -0.3 is 4.74 Å². The second kappa shape index (κ2) is 8.50. The lowest BCUT2D eigenvalue weighted by Gasteiger charge is -2.15. The fourth-order valence-electron chi connectivity index (χ4n) is 1.65. The first kappa shape index (κ1) is 17.3. The third kappa shape index (κ3) is 5.62. The van der Waals surface area contributed by atoms with Crippen molar-refractivity contribution in [1.82, 2.24) is 0 Å². The van der Waals surface area contributed by atoms with Crippen molar-refractivity contribution in [2.24, 2.45) is 0 Å². The first-order valence-electron chi connectivity index (χ1n) is 6.23. The van der Waals surface area contributed by atoms with Crippen molar-refractivity contribution < 1.29 is 9.53 Å². The molecule has 0 radical (unpaired) electrons. The number of halogens is 2. The molecule has 1 aromatic rings. The van der Waals surface area contributed by atoms with E-state index >= 15 is 0 Å². The molecule has 0 heterocycles. The summed E-state index contributed by atoms with van der Waals surface area (Å²) in [6, 6.07) is 7.17. The minimum atomic E-state index is -0.597. The molecule has 21 heavy (non-hydrogen) atoms. The van der Waals surface area contributed by atoms with E-state index in [1.165, 1.54) is 6.92 Å². The molecule has 4 heteroatoms. The highest BCUT2D eigenvalue weighted by Gasteiger charge is 2.14. The van der Waals surface area contributed by atoms with E-state index in [4.69, 9.17) is 27.9 Å². The zero-order valence-electron chi connectivity index (χ0n) is 11.7. The van der Waals surface area contributed by atoms with Crippen LogP contribution < -0.4 is 0 Å². The molecule has 0 aliphatic rings. The molecule has 2 nitrogen and oxygen atoms in total. The van der Waals surface area contributed by atoms with Crippen LogP contribution in [0.1, 0.15) is 18.6 Å². The molecule has 1 unspecified atom stereocenters. The molecule has 0 bridgehead atoms. The Kier molecular flexibility index (Phi) is 7.00. The molecule has 1 atom stereocenters. The van der Waals surface area contributed by atoms with E-state index < -0.39 is 12.1 Å². The van der Waals surface area contributed by atoms with Crippen molar-refractivity contribution in [2.45, 2.75) is 13.0 Å². The van der Waals surface area contributed by atoms with Crippen molar-refractivity contribution in [3.63, 3.8) is 0 Å². The number of benzene rings is 1. The third-order valence-electron chi connectivity index (χ3n) is 2.57. The van der Waals surface area contributed by atoms with Gasteiger partial charge in [0, 0.05) is 22.5 Å². The molecule has 110 valence electrons. The fourth-order valence-corrected chi connectivity index (χ4v) is 2.01. The standard InChI is InChI=1S/C17H16Cl2O2/c1-4-7-14(12(2)18)10-11-17(21-13(3)20)15-8-5-6-9-16(15)19/h4-11,17H,1-2H2,3H3/b11-10+,14-7-. The monoisotopic (exact) mass is 322 g/mol. The van der Waals surface area contributed by atoms with Crippen molar-refractivity contribution in [1.29, 1.82) is 0 Å². The number of rotatable bonds is 6. The van der Waals surface area contributed by atoms with Gasteiger partial charge in [-0.1, -0.05) is 72.8 Å². The molecular weight excluding hydrogens is 307 g/mol. The van der Waals surface area contributed by atoms with E-state index in [0.29, 0.717) is 21.2 Å². The summed E-state index contributed by atoms with van der Waals surface area (Å²) in [7, 11) is 0. The van der Waals surface area contributed by atoms with Crippen LogP contribution >= 0.6 is 23.2 Å². The van der Waals surface area contributed by atoms with Crippen LogP contribution in [-0.2, 0) is 9.53 Å². The molecule has 0 fully saturated rings. The smallest absolute Gasteiger partial charge is 0.303 e. The summed E-state index contributed by atoms with van der Waals surface area (Å²) < 4.78 is 5.29. The summed E-state index contributed by atoms with van der Waals surface area (Å²) in [5, 5.41) is 0.888. The zero-order valence-corrected chi connectivity index (χ0v) is 13.2. The molecule has 0 saturated carbocycles. The Morgan fingerprint density at radius 3 is 2.57 bits per heavy atom. The Bertz CT molecular complexity index is 601. The van der Waals surface area contributed by atoms with E-state index in [9.17, 15) is 4.79 Å². The summed E-state index contributed by atoms with van der Waals surface area (Å²) >= 11 is 12.0. The minimum absolute atomic E-state index is 0.367. The second-order valence-corrected chi connectivity index (χ2v) is 5.04. The summed E-state index contributed by atoms with van der Waals surface area (Å²) in [6.45, 7) is 8.63. The van der Waals surface area contributed by atoms with Crippen LogP contribution in [0.25, 0.3) is 0 Å². The van der Waals surface area contributed by atoms with Gasteiger partial charge in [0.1, 0.15) is 6.10 Å². The van der Waals surface area contributed by atoms with Crippen LogP contribution in [0, 0.1) is 0 Å². The van der Waals surface area contributed by atoms with E-state index in [0.717, 1.165) is 0 Å². The maximum absolute atomic E-state index is 11.3. The van der Waals surface area contributed by atoms with Gasteiger partial charge in [0.05, 0.1) is 0 Å². The van der Waals surface area contributed by atoms with Crippen LogP contribution in [0.3, 0.4) is 0 Å². The second-order valence-electron chi connectivity index (χ2n) is 4.17. The van der Waals surface area contributed by atoms with Crippen LogP contribution in [0.4, 0.5) is 0 Å². The Morgan fingerprint density at radius 1 is 1.38 bits per heavy atom. The molecule has 0 spiro atoms. The average molecular weight is 323 g/mol. The number of esters is 1. The highest BCUT2D eigenvalue weighted by atomic mass is 35.5. The zero-order chi connectivity index (χ0) is 15.8. The Morgan fingerprint density at radius 2 is 2.05 bits per heavy atom. The first-order valence-corrected chi connectivity index (χ1v) is 6.98. The van der Waals surface area contributed by atoms with Crippen LogP contribution in [-0.4, -0.2) is 5.97 Å². The van der Waals surface area contributed by atoms with Gasteiger partial charge >= 0.3 is 5.97 Å². The predicted octanol–water partition coefficient (Wildman–Crippen LogP) is 5.37. The van der Waals surface area contributed by atoms with Crippen LogP contribution in [0.2, 0.25) is 5.02 Å². The average Bonchev–Trinajstić information content (AvgIpc) is 2.42. The number of hydrogen-bond acceptors (Lipinski definition) is 2. The van der Waals surface area contributed by atoms with E-state index in [2.05, 4.69) is 13.2 Å². The molecule has 1 rings (SSSR count). The van der Waals surface area contributed by atoms with Crippen molar-refractivity contribution in [3.8, 4) is 0 Å². The first-order chi connectivity index (χ1) is 9.95. The largest absolute Gasteiger partial charge is 0.453 e. The minimum Gasteiger partial charge on any atom is -0.453 e. The highest BCUT2D eigenvalue weighted by molar-refractivity contribution is 6.32. The predicted molar refractivity (Wildman–Crippen MR) is 88.4 cm³/mol. The van der Waals surface area contributed by atoms with Gasteiger partial charge in [0.15, 0.2) is 0 Å². The number of hydrogen-bond donors (Lipinski definition) is 0. The Hall–Kier alpha value is -1.77. The molecule has 1 aromatic carbocycles. The van der Waals surface area contributed by atoms with Crippen LogP contribution in [0.15, 0.2) is 72.3 Å². The van der Waals surface area contributed by atoms with Crippen molar-refractivity contribution in [3.05, 3.63) is 82.9 Å². The lowest BCUT2D eigenvalue weighted by atomic mass is 10.1. The Labute approximate surface area is 135 Å². The lowest BCUT2D eigenvalue weighted by Crippen LogP contribution is -2.06. The van der Waals surface area contributed by atoms with Gasteiger partial charge in [-0.2, -0.15) is 0 Å². The van der Waals surface area contributed by atoms with Gasteiger partial charge in [-0.05, 0) is 17.7 Å². The molecule has 0 aromatic heterocycles. The van der Waals surface area contributed by atoms with Gasteiger partial charge in [-0.15, -0.1) is 0 Å².